The number of benzene rings is 1. The number of halogens is 2. The second kappa shape index (κ2) is 9.37. The molecule has 1 aliphatic heterocycles. The van der Waals surface area contributed by atoms with Gasteiger partial charge in [0.05, 0.1) is 33.5 Å². The van der Waals surface area contributed by atoms with Gasteiger partial charge in [-0.05, 0) is 79.7 Å². The zero-order valence-electron chi connectivity index (χ0n) is 18.7. The third kappa shape index (κ3) is 4.06. The molecule has 2 atom stereocenters. The largest absolute Gasteiger partial charge is 0.352 e. The summed E-state index contributed by atoms with van der Waals surface area (Å²) in [5, 5.41) is 5.29. The van der Waals surface area contributed by atoms with Gasteiger partial charge in [-0.2, -0.15) is 0 Å². The molecule has 34 heavy (non-hydrogen) atoms. The minimum absolute atomic E-state index is 0.0616. The molecule has 0 unspecified atom stereocenters. The molecule has 172 valence electrons. The summed E-state index contributed by atoms with van der Waals surface area (Å²) < 4.78 is 2.16. The Balaban J connectivity index is 1.64. The molecule has 3 aromatic heterocycles. The first-order chi connectivity index (χ1) is 16.5. The molecule has 0 aliphatic carbocycles. The van der Waals surface area contributed by atoms with Crippen LogP contribution >= 0.6 is 35.4 Å². The fourth-order valence-corrected chi connectivity index (χ4v) is 5.41. The Bertz CT molecular complexity index is 1340. The van der Waals surface area contributed by atoms with Crippen molar-refractivity contribution in [2.75, 3.05) is 0 Å². The molecule has 8 heteroatoms. The SMILES string of the molecule is Cc1cc([C@@H]2[C@@H](c3ccccn3)NC(=S)N2Cc2ccncc2)c(C)n1-c1cccc(Cl)c1Cl. The minimum atomic E-state index is -0.0979. The number of hydrogen-bond donors (Lipinski definition) is 1. The van der Waals surface area contributed by atoms with Crippen molar-refractivity contribution in [3.8, 4) is 5.69 Å². The van der Waals surface area contributed by atoms with Crippen LogP contribution in [-0.4, -0.2) is 24.5 Å². The third-order valence-corrected chi connectivity index (χ3v) is 7.42. The molecule has 0 saturated carbocycles. The number of rotatable bonds is 5. The molecule has 1 aromatic carbocycles. The number of nitrogens with one attached hydrogen (secondary N) is 1. The van der Waals surface area contributed by atoms with Crippen molar-refractivity contribution in [2.45, 2.75) is 32.5 Å². The first-order valence-corrected chi connectivity index (χ1v) is 12.1. The summed E-state index contributed by atoms with van der Waals surface area (Å²) in [5.41, 5.74) is 6.25. The van der Waals surface area contributed by atoms with E-state index < -0.39 is 0 Å². The van der Waals surface area contributed by atoms with E-state index in [4.69, 9.17) is 35.4 Å². The van der Waals surface area contributed by atoms with E-state index in [1.54, 1.807) is 18.5 Å². The minimum Gasteiger partial charge on any atom is -0.352 e. The molecule has 0 bridgehead atoms. The zero-order valence-corrected chi connectivity index (χ0v) is 21.1. The Morgan fingerprint density at radius 3 is 2.53 bits per heavy atom. The van der Waals surface area contributed by atoms with Crippen molar-refractivity contribution in [1.82, 2.24) is 24.8 Å². The van der Waals surface area contributed by atoms with Crippen molar-refractivity contribution < 1.29 is 0 Å². The predicted octanol–water partition coefficient (Wildman–Crippen LogP) is 6.36. The fraction of sp³-hybridized carbons (Fsp3) is 0.192. The lowest BCUT2D eigenvalue weighted by molar-refractivity contribution is 0.310. The number of pyridine rings is 2. The normalized spacial score (nSPS) is 17.8. The molecule has 1 N–H and O–H groups in total. The monoisotopic (exact) mass is 507 g/mol. The molecular weight excluding hydrogens is 485 g/mol. The first-order valence-electron chi connectivity index (χ1n) is 11.0. The number of hydrogen-bond acceptors (Lipinski definition) is 3. The highest BCUT2D eigenvalue weighted by Crippen LogP contribution is 2.43. The van der Waals surface area contributed by atoms with E-state index in [2.05, 4.69) is 44.7 Å². The molecule has 5 nitrogen and oxygen atoms in total. The molecule has 0 radical (unpaired) electrons. The summed E-state index contributed by atoms with van der Waals surface area (Å²) in [6.45, 7) is 4.85. The molecule has 0 amide bonds. The smallest absolute Gasteiger partial charge is 0.170 e. The maximum atomic E-state index is 6.61. The summed E-state index contributed by atoms with van der Waals surface area (Å²) in [6.07, 6.45) is 5.43. The van der Waals surface area contributed by atoms with Gasteiger partial charge >= 0.3 is 0 Å². The van der Waals surface area contributed by atoms with Crippen LogP contribution in [-0.2, 0) is 6.54 Å². The van der Waals surface area contributed by atoms with Gasteiger partial charge in [-0.15, -0.1) is 0 Å². The lowest BCUT2D eigenvalue weighted by atomic mass is 9.96. The highest BCUT2D eigenvalue weighted by molar-refractivity contribution is 7.80. The van der Waals surface area contributed by atoms with E-state index in [-0.39, 0.29) is 12.1 Å². The van der Waals surface area contributed by atoms with Crippen LogP contribution in [0.5, 0.6) is 0 Å². The van der Waals surface area contributed by atoms with Gasteiger partial charge in [0.1, 0.15) is 0 Å². The van der Waals surface area contributed by atoms with Crippen molar-refractivity contribution in [2.24, 2.45) is 0 Å². The van der Waals surface area contributed by atoms with E-state index in [1.165, 1.54) is 0 Å². The molecule has 0 spiro atoms. The summed E-state index contributed by atoms with van der Waals surface area (Å²) in [4.78, 5) is 11.0. The fourth-order valence-electron chi connectivity index (χ4n) is 4.72. The second-order valence-corrected chi connectivity index (χ2v) is 9.52. The Kier molecular flexibility index (Phi) is 6.30. The predicted molar refractivity (Wildman–Crippen MR) is 140 cm³/mol. The molecule has 1 fully saturated rings. The molecule has 4 heterocycles. The first kappa shape index (κ1) is 22.8. The van der Waals surface area contributed by atoms with Crippen LogP contribution in [0.1, 0.15) is 40.3 Å². The van der Waals surface area contributed by atoms with E-state index in [0.717, 1.165) is 33.9 Å². The van der Waals surface area contributed by atoms with Crippen LogP contribution in [0, 0.1) is 13.8 Å². The van der Waals surface area contributed by atoms with E-state index >= 15 is 0 Å². The van der Waals surface area contributed by atoms with Gasteiger partial charge in [0.25, 0.3) is 0 Å². The van der Waals surface area contributed by atoms with Crippen molar-refractivity contribution in [3.63, 3.8) is 0 Å². The van der Waals surface area contributed by atoms with Gasteiger partial charge in [-0.3, -0.25) is 9.97 Å². The Morgan fingerprint density at radius 1 is 1.00 bits per heavy atom. The van der Waals surface area contributed by atoms with E-state index in [0.29, 0.717) is 21.7 Å². The quantitative estimate of drug-likeness (QED) is 0.318. The summed E-state index contributed by atoms with van der Waals surface area (Å²) in [5.74, 6) is 0. The molecule has 1 aliphatic rings. The topological polar surface area (TPSA) is 46.0 Å². The van der Waals surface area contributed by atoms with Gasteiger partial charge in [0, 0.05) is 36.5 Å². The van der Waals surface area contributed by atoms with Gasteiger partial charge in [-0.1, -0.05) is 35.3 Å². The molecule has 5 rings (SSSR count). The van der Waals surface area contributed by atoms with Crippen LogP contribution in [0.3, 0.4) is 0 Å². The van der Waals surface area contributed by atoms with Crippen molar-refractivity contribution in [3.05, 3.63) is 111 Å². The number of nitrogens with zero attached hydrogens (tertiary/aromatic N) is 4. The summed E-state index contributed by atoms with van der Waals surface area (Å²) >= 11 is 18.8. The van der Waals surface area contributed by atoms with Crippen LogP contribution in [0.2, 0.25) is 10.0 Å². The van der Waals surface area contributed by atoms with Gasteiger partial charge in [0.2, 0.25) is 0 Å². The molecular formula is C26H23Cl2N5S. The Hall–Kier alpha value is -2.93. The number of aryl methyl sites for hydroxylation is 1. The van der Waals surface area contributed by atoms with Crippen LogP contribution < -0.4 is 5.32 Å². The summed E-state index contributed by atoms with van der Waals surface area (Å²) in [7, 11) is 0. The van der Waals surface area contributed by atoms with Gasteiger partial charge in [-0.25, -0.2) is 0 Å². The van der Waals surface area contributed by atoms with E-state index in [1.807, 2.05) is 48.7 Å². The Morgan fingerprint density at radius 2 is 1.79 bits per heavy atom. The lowest BCUT2D eigenvalue weighted by Gasteiger charge is -2.28. The number of aromatic nitrogens is 3. The van der Waals surface area contributed by atoms with Crippen LogP contribution in [0.4, 0.5) is 0 Å². The van der Waals surface area contributed by atoms with Gasteiger partial charge < -0.3 is 14.8 Å². The van der Waals surface area contributed by atoms with Crippen molar-refractivity contribution in [1.29, 1.82) is 0 Å². The highest BCUT2D eigenvalue weighted by Gasteiger charge is 2.41. The van der Waals surface area contributed by atoms with Crippen molar-refractivity contribution >= 4 is 40.5 Å². The number of thiocarbonyl (C=S) groups is 1. The van der Waals surface area contributed by atoms with E-state index in [9.17, 15) is 0 Å². The third-order valence-electron chi connectivity index (χ3n) is 6.26. The average molecular weight is 508 g/mol. The maximum Gasteiger partial charge on any atom is 0.170 e. The highest BCUT2D eigenvalue weighted by atomic mass is 35.5. The van der Waals surface area contributed by atoms with Gasteiger partial charge in [0.15, 0.2) is 5.11 Å². The zero-order chi connectivity index (χ0) is 23.8. The standard InChI is InChI=1S/C26H23Cl2N5S/c1-16-14-19(17(2)33(16)22-8-5-6-20(27)23(22)28)25-24(21-7-3-4-11-30-21)31-26(34)32(25)15-18-9-12-29-13-10-18/h3-14,24-25H,15H2,1-2H3,(H,31,34)/t24-,25-/m1/s1. The van der Waals surface area contributed by atoms with Crippen LogP contribution in [0.15, 0.2) is 73.2 Å². The Labute approximate surface area is 214 Å². The lowest BCUT2D eigenvalue weighted by Crippen LogP contribution is -2.29. The van der Waals surface area contributed by atoms with Crippen LogP contribution in [0.25, 0.3) is 5.69 Å². The second-order valence-electron chi connectivity index (χ2n) is 8.34. The average Bonchev–Trinajstić information content (AvgIpc) is 3.32. The maximum absolute atomic E-state index is 6.61. The molecule has 4 aromatic rings. The molecule has 1 saturated heterocycles. The summed E-state index contributed by atoms with van der Waals surface area (Å²) in [6, 6.07) is 17.8.